The molecule has 1 aromatic heterocycles. The normalized spacial score (nSPS) is 11.1. The van der Waals surface area contributed by atoms with Gasteiger partial charge in [-0.15, -0.1) is 0 Å². The molecule has 0 aliphatic rings. The number of hydrogen-bond acceptors (Lipinski definition) is 1. The molecule has 0 aliphatic carbocycles. The van der Waals surface area contributed by atoms with Crippen molar-refractivity contribution in [2.24, 2.45) is 0 Å². The van der Waals surface area contributed by atoms with E-state index in [9.17, 15) is 8.78 Å². The van der Waals surface area contributed by atoms with Crippen LogP contribution in [0.15, 0.2) is 30.5 Å². The lowest BCUT2D eigenvalue weighted by Crippen LogP contribution is -2.00. The van der Waals surface area contributed by atoms with Gasteiger partial charge in [0.2, 0.25) is 0 Å². The van der Waals surface area contributed by atoms with Gasteiger partial charge in [-0.05, 0) is 24.1 Å². The zero-order valence-corrected chi connectivity index (χ0v) is 9.11. The quantitative estimate of drug-likeness (QED) is 0.762. The van der Waals surface area contributed by atoms with Crippen LogP contribution < -0.4 is 0 Å². The van der Waals surface area contributed by atoms with Gasteiger partial charge in [0, 0.05) is 12.3 Å². The van der Waals surface area contributed by atoms with Crippen LogP contribution in [0.2, 0.25) is 0 Å². The van der Waals surface area contributed by atoms with Crippen molar-refractivity contribution in [2.75, 3.05) is 0 Å². The van der Waals surface area contributed by atoms with Crippen molar-refractivity contribution in [2.45, 2.75) is 19.8 Å². The first-order valence-corrected chi connectivity index (χ1v) is 5.09. The van der Waals surface area contributed by atoms with Gasteiger partial charge in [-0.25, -0.2) is 13.5 Å². The Bertz CT molecular complexity index is 503. The van der Waals surface area contributed by atoms with E-state index in [-0.39, 0.29) is 11.6 Å². The zero-order chi connectivity index (χ0) is 11.7. The van der Waals surface area contributed by atoms with Crippen LogP contribution in [0.3, 0.4) is 0 Å². The third-order valence-electron chi connectivity index (χ3n) is 2.36. The van der Waals surface area contributed by atoms with E-state index < -0.39 is 11.6 Å². The van der Waals surface area contributed by atoms with Crippen molar-refractivity contribution in [1.82, 2.24) is 9.78 Å². The number of nitrogens with zero attached hydrogens (tertiary/aromatic N) is 2. The second kappa shape index (κ2) is 4.04. The van der Waals surface area contributed by atoms with Crippen LogP contribution in [-0.2, 0) is 0 Å². The molecule has 4 heteroatoms. The summed E-state index contributed by atoms with van der Waals surface area (Å²) >= 11 is 0. The Morgan fingerprint density at radius 1 is 1.19 bits per heavy atom. The van der Waals surface area contributed by atoms with Gasteiger partial charge in [0.25, 0.3) is 0 Å². The number of hydrogen-bond donors (Lipinski definition) is 0. The van der Waals surface area contributed by atoms with Crippen LogP contribution in [0.25, 0.3) is 5.69 Å². The highest BCUT2D eigenvalue weighted by atomic mass is 19.1. The van der Waals surface area contributed by atoms with E-state index in [1.54, 1.807) is 6.20 Å². The van der Waals surface area contributed by atoms with Gasteiger partial charge in [-0.1, -0.05) is 13.8 Å². The van der Waals surface area contributed by atoms with Crippen LogP contribution in [0, 0.1) is 11.6 Å². The highest BCUT2D eigenvalue weighted by Gasteiger charge is 2.09. The summed E-state index contributed by atoms with van der Waals surface area (Å²) < 4.78 is 27.6. The largest absolute Gasteiger partial charge is 0.238 e. The molecular formula is C12H12F2N2. The summed E-state index contributed by atoms with van der Waals surface area (Å²) in [7, 11) is 0. The molecule has 0 aliphatic heterocycles. The maximum Gasteiger partial charge on any atom is 0.151 e. The maximum atomic E-state index is 13.4. The third-order valence-corrected chi connectivity index (χ3v) is 2.36. The Hall–Kier alpha value is -1.71. The van der Waals surface area contributed by atoms with Crippen LogP contribution in [0.5, 0.6) is 0 Å². The number of aromatic nitrogens is 2. The molecule has 2 aromatic rings. The van der Waals surface area contributed by atoms with Gasteiger partial charge in [0.15, 0.2) is 5.82 Å². The topological polar surface area (TPSA) is 17.8 Å². The fourth-order valence-corrected chi connectivity index (χ4v) is 1.45. The SMILES string of the molecule is CC(C)c1ccn(-c2ccc(F)cc2F)n1. The molecule has 0 amide bonds. The Kier molecular flexibility index (Phi) is 2.73. The molecule has 0 atom stereocenters. The maximum absolute atomic E-state index is 13.4. The summed E-state index contributed by atoms with van der Waals surface area (Å²) in [6.07, 6.45) is 1.67. The summed E-state index contributed by atoms with van der Waals surface area (Å²) in [5.74, 6) is -0.916. The molecule has 0 radical (unpaired) electrons. The lowest BCUT2D eigenvalue weighted by Gasteiger charge is -2.03. The smallest absolute Gasteiger partial charge is 0.151 e. The van der Waals surface area contributed by atoms with Crippen molar-refractivity contribution in [3.63, 3.8) is 0 Å². The van der Waals surface area contributed by atoms with E-state index in [4.69, 9.17) is 0 Å². The van der Waals surface area contributed by atoms with Gasteiger partial charge in [-0.2, -0.15) is 5.10 Å². The zero-order valence-electron chi connectivity index (χ0n) is 9.11. The fraction of sp³-hybridized carbons (Fsp3) is 0.250. The van der Waals surface area contributed by atoms with E-state index in [0.717, 1.165) is 11.8 Å². The van der Waals surface area contributed by atoms with Gasteiger partial charge < -0.3 is 0 Å². The summed E-state index contributed by atoms with van der Waals surface area (Å²) in [5, 5.41) is 4.22. The highest BCUT2D eigenvalue weighted by Crippen LogP contribution is 2.17. The number of halogens is 2. The van der Waals surface area contributed by atoms with Gasteiger partial charge in [-0.3, -0.25) is 0 Å². The minimum Gasteiger partial charge on any atom is -0.238 e. The fourth-order valence-electron chi connectivity index (χ4n) is 1.45. The minimum absolute atomic E-state index is 0.258. The van der Waals surface area contributed by atoms with Crippen LogP contribution >= 0.6 is 0 Å². The molecule has 2 rings (SSSR count). The second-order valence-electron chi connectivity index (χ2n) is 3.94. The van der Waals surface area contributed by atoms with E-state index in [0.29, 0.717) is 0 Å². The lowest BCUT2D eigenvalue weighted by atomic mass is 10.1. The van der Waals surface area contributed by atoms with E-state index >= 15 is 0 Å². The first-order chi connectivity index (χ1) is 7.58. The molecule has 0 N–H and O–H groups in total. The molecular weight excluding hydrogens is 210 g/mol. The molecule has 1 aromatic carbocycles. The van der Waals surface area contributed by atoms with Crippen molar-refractivity contribution >= 4 is 0 Å². The predicted molar refractivity (Wildman–Crippen MR) is 57.6 cm³/mol. The predicted octanol–water partition coefficient (Wildman–Crippen LogP) is 3.27. The molecule has 84 valence electrons. The highest BCUT2D eigenvalue weighted by molar-refractivity contribution is 5.33. The van der Waals surface area contributed by atoms with Crippen LogP contribution in [-0.4, -0.2) is 9.78 Å². The minimum atomic E-state index is -0.613. The first-order valence-electron chi connectivity index (χ1n) is 5.09. The van der Waals surface area contributed by atoms with Gasteiger partial charge >= 0.3 is 0 Å². The first kappa shape index (κ1) is 10.8. The second-order valence-corrected chi connectivity index (χ2v) is 3.94. The van der Waals surface area contributed by atoms with Crippen molar-refractivity contribution in [3.8, 4) is 5.69 Å². The standard InChI is InChI=1S/C12H12F2N2/c1-8(2)11-5-6-16(15-11)12-4-3-9(13)7-10(12)14/h3-8H,1-2H3. The van der Waals surface area contributed by atoms with Crippen LogP contribution in [0.4, 0.5) is 8.78 Å². The van der Waals surface area contributed by atoms with Gasteiger partial charge in [0.1, 0.15) is 11.5 Å². The number of rotatable bonds is 2. The Labute approximate surface area is 92.5 Å². The lowest BCUT2D eigenvalue weighted by molar-refractivity contribution is 0.572. The van der Waals surface area contributed by atoms with Crippen molar-refractivity contribution < 1.29 is 8.78 Å². The molecule has 0 saturated carbocycles. The Balaban J connectivity index is 2.42. The molecule has 2 nitrogen and oxygen atoms in total. The molecule has 0 saturated heterocycles. The van der Waals surface area contributed by atoms with Crippen LogP contribution in [0.1, 0.15) is 25.5 Å². The molecule has 0 fully saturated rings. The Morgan fingerprint density at radius 3 is 2.50 bits per heavy atom. The number of benzene rings is 1. The average molecular weight is 222 g/mol. The molecule has 0 unspecified atom stereocenters. The third kappa shape index (κ3) is 1.96. The summed E-state index contributed by atoms with van der Waals surface area (Å²) in [4.78, 5) is 0. The monoisotopic (exact) mass is 222 g/mol. The summed E-state index contributed by atoms with van der Waals surface area (Å²) in [6.45, 7) is 4.02. The van der Waals surface area contributed by atoms with E-state index in [1.165, 1.54) is 16.8 Å². The van der Waals surface area contributed by atoms with Crippen molar-refractivity contribution in [1.29, 1.82) is 0 Å². The average Bonchev–Trinajstić information content (AvgIpc) is 2.66. The van der Waals surface area contributed by atoms with E-state index in [2.05, 4.69) is 5.10 Å². The van der Waals surface area contributed by atoms with Gasteiger partial charge in [0.05, 0.1) is 5.69 Å². The Morgan fingerprint density at radius 2 is 1.94 bits per heavy atom. The van der Waals surface area contributed by atoms with E-state index in [1.807, 2.05) is 19.9 Å². The molecule has 0 bridgehead atoms. The molecule has 1 heterocycles. The molecule has 16 heavy (non-hydrogen) atoms. The van der Waals surface area contributed by atoms with Crippen molar-refractivity contribution in [3.05, 3.63) is 47.8 Å². The summed E-state index contributed by atoms with van der Waals surface area (Å²) in [6, 6.07) is 5.27. The summed E-state index contributed by atoms with van der Waals surface area (Å²) in [5.41, 5.74) is 1.14. The molecule has 0 spiro atoms.